The third-order valence-corrected chi connectivity index (χ3v) is 6.28. The predicted molar refractivity (Wildman–Crippen MR) is 87.5 cm³/mol. The number of carboxylic acids is 1. The summed E-state index contributed by atoms with van der Waals surface area (Å²) in [4.78, 5) is 14.0. The van der Waals surface area contributed by atoms with Crippen LogP contribution in [0.25, 0.3) is 10.9 Å². The lowest BCUT2D eigenvalue weighted by Crippen LogP contribution is -2.24. The van der Waals surface area contributed by atoms with Gasteiger partial charge in [0.05, 0.1) is 21.7 Å². The molecule has 120 valence electrons. The number of fused-ring (bicyclic) bond motifs is 1. The van der Waals surface area contributed by atoms with Crippen LogP contribution in [0.5, 0.6) is 0 Å². The molecule has 0 amide bonds. The van der Waals surface area contributed by atoms with Crippen molar-refractivity contribution in [3.63, 3.8) is 0 Å². The largest absolute Gasteiger partial charge is 0.543 e. The van der Waals surface area contributed by atoms with E-state index in [1.54, 1.807) is 18.2 Å². The van der Waals surface area contributed by atoms with Gasteiger partial charge in [0.1, 0.15) is 4.21 Å². The van der Waals surface area contributed by atoms with Crippen molar-refractivity contribution in [3.8, 4) is 0 Å². The van der Waals surface area contributed by atoms with E-state index in [-0.39, 0.29) is 15.6 Å². The average Bonchev–Trinajstić information content (AvgIpc) is 3.04. The van der Waals surface area contributed by atoms with Crippen molar-refractivity contribution >= 4 is 55.5 Å². The molecule has 0 spiro atoms. The van der Waals surface area contributed by atoms with Crippen LogP contribution in [0.2, 0.25) is 4.34 Å². The quantitative estimate of drug-likeness (QED) is 0.736. The van der Waals surface area contributed by atoms with Crippen molar-refractivity contribution < 1.29 is 18.3 Å². The average molecular weight is 370 g/mol. The van der Waals surface area contributed by atoms with Gasteiger partial charge in [-0.1, -0.05) is 23.2 Å². The number of H-pyrrole nitrogens is 1. The number of hydrogen-bond acceptors (Lipinski definition) is 5. The van der Waals surface area contributed by atoms with Gasteiger partial charge >= 0.3 is 0 Å². The van der Waals surface area contributed by atoms with Crippen LogP contribution in [0.1, 0.15) is 16.1 Å². The standard InChI is InChI=1S/C14H11ClN2O4S2/c1-7-2-3-9-8(6-7)12(13(16-9)14(18)19)17-23(20,21)11-5-4-10(15)22-11/h2-6,16-17H,1H3,(H,18,19)/p-1. The Balaban J connectivity index is 2.17. The number of aryl methyl sites for hydroxylation is 1. The Hall–Kier alpha value is -2.03. The molecule has 1 aromatic carbocycles. The van der Waals surface area contributed by atoms with Gasteiger partial charge in [-0.3, -0.25) is 4.72 Å². The van der Waals surface area contributed by atoms with Crippen molar-refractivity contribution in [2.45, 2.75) is 11.1 Å². The molecule has 0 atom stereocenters. The SMILES string of the molecule is Cc1ccc2[nH]c(C(=O)[O-])c(NS(=O)(=O)c3ccc(Cl)s3)c2c1. The van der Waals surface area contributed by atoms with Gasteiger partial charge in [0.25, 0.3) is 10.0 Å². The molecule has 2 aromatic heterocycles. The summed E-state index contributed by atoms with van der Waals surface area (Å²) in [5, 5.41) is 11.8. The van der Waals surface area contributed by atoms with Crippen LogP contribution in [0.15, 0.2) is 34.5 Å². The highest BCUT2D eigenvalue weighted by Crippen LogP contribution is 2.32. The number of nitrogens with one attached hydrogen (secondary N) is 2. The number of aromatic amines is 1. The van der Waals surface area contributed by atoms with E-state index >= 15 is 0 Å². The highest BCUT2D eigenvalue weighted by Gasteiger charge is 2.22. The summed E-state index contributed by atoms with van der Waals surface area (Å²) in [7, 11) is -3.95. The number of aromatic nitrogens is 1. The zero-order valence-corrected chi connectivity index (χ0v) is 14.1. The van der Waals surface area contributed by atoms with Gasteiger partial charge in [0.15, 0.2) is 0 Å². The lowest BCUT2D eigenvalue weighted by atomic mass is 10.1. The maximum absolute atomic E-state index is 12.4. The van der Waals surface area contributed by atoms with Gasteiger partial charge in [0, 0.05) is 10.9 Å². The molecular formula is C14H10ClN2O4S2-. The van der Waals surface area contributed by atoms with Crippen molar-refractivity contribution in [2.75, 3.05) is 4.72 Å². The summed E-state index contributed by atoms with van der Waals surface area (Å²) in [5.41, 5.74) is 0.989. The lowest BCUT2D eigenvalue weighted by Gasteiger charge is -2.09. The number of rotatable bonds is 4. The number of benzene rings is 1. The molecule has 6 nitrogen and oxygen atoms in total. The molecule has 0 saturated carbocycles. The first kappa shape index (κ1) is 15.9. The third kappa shape index (κ3) is 2.92. The van der Waals surface area contributed by atoms with Gasteiger partial charge < -0.3 is 14.9 Å². The summed E-state index contributed by atoms with van der Waals surface area (Å²) in [6.07, 6.45) is 0. The summed E-state index contributed by atoms with van der Waals surface area (Å²) in [5.74, 6) is -1.50. The number of aromatic carboxylic acids is 1. The first-order valence-electron chi connectivity index (χ1n) is 6.40. The van der Waals surface area contributed by atoms with E-state index in [9.17, 15) is 18.3 Å². The highest BCUT2D eigenvalue weighted by atomic mass is 35.5. The molecule has 0 aliphatic heterocycles. The first-order valence-corrected chi connectivity index (χ1v) is 9.07. The van der Waals surface area contributed by atoms with Gasteiger partial charge in [-0.05, 0) is 31.2 Å². The number of sulfonamides is 1. The molecule has 3 aromatic rings. The number of carboxylic acid groups (broad SMARTS) is 1. The Bertz CT molecular complexity index is 1020. The van der Waals surface area contributed by atoms with Crippen LogP contribution in [0, 0.1) is 6.92 Å². The van der Waals surface area contributed by atoms with Crippen molar-refractivity contribution in [3.05, 3.63) is 45.9 Å². The van der Waals surface area contributed by atoms with Crippen LogP contribution >= 0.6 is 22.9 Å². The molecule has 0 aliphatic carbocycles. The number of anilines is 1. The van der Waals surface area contributed by atoms with Crippen LogP contribution in [-0.2, 0) is 10.0 Å². The first-order chi connectivity index (χ1) is 10.8. The maximum atomic E-state index is 12.4. The second-order valence-electron chi connectivity index (χ2n) is 4.88. The molecular weight excluding hydrogens is 360 g/mol. The minimum Gasteiger partial charge on any atom is -0.543 e. The number of thiophene rings is 1. The Morgan fingerprint density at radius 3 is 2.65 bits per heavy atom. The predicted octanol–water partition coefficient (Wildman–Crippen LogP) is 2.36. The number of carbonyl (C=O) groups excluding carboxylic acids is 1. The van der Waals surface area contributed by atoms with Crippen LogP contribution < -0.4 is 9.83 Å². The Labute approximate surface area is 140 Å². The fraction of sp³-hybridized carbons (Fsp3) is 0.0714. The minimum atomic E-state index is -3.95. The van der Waals surface area contributed by atoms with E-state index in [4.69, 9.17) is 11.6 Å². The summed E-state index contributed by atoms with van der Waals surface area (Å²) in [6, 6.07) is 7.97. The van der Waals surface area contributed by atoms with Crippen LogP contribution in [0.3, 0.4) is 0 Å². The van der Waals surface area contributed by atoms with E-state index in [1.165, 1.54) is 12.1 Å². The molecule has 23 heavy (non-hydrogen) atoms. The molecule has 2 heterocycles. The molecule has 0 aliphatic rings. The fourth-order valence-corrected chi connectivity index (χ4v) is 4.77. The van der Waals surface area contributed by atoms with Gasteiger partial charge in [-0.25, -0.2) is 8.42 Å². The monoisotopic (exact) mass is 369 g/mol. The fourth-order valence-electron chi connectivity index (χ4n) is 2.19. The summed E-state index contributed by atoms with van der Waals surface area (Å²) < 4.78 is 27.5. The Kier molecular flexibility index (Phi) is 3.83. The smallest absolute Gasteiger partial charge is 0.271 e. The van der Waals surface area contributed by atoms with E-state index in [1.807, 2.05) is 6.92 Å². The molecule has 0 saturated heterocycles. The normalized spacial score (nSPS) is 11.7. The second-order valence-corrected chi connectivity index (χ2v) is 8.50. The van der Waals surface area contributed by atoms with E-state index in [0.717, 1.165) is 16.9 Å². The van der Waals surface area contributed by atoms with Crippen LogP contribution in [0.4, 0.5) is 5.69 Å². The molecule has 3 rings (SSSR count). The van der Waals surface area contributed by atoms with Gasteiger partial charge in [0.2, 0.25) is 0 Å². The molecule has 0 fully saturated rings. The highest BCUT2D eigenvalue weighted by molar-refractivity contribution is 7.94. The molecule has 0 radical (unpaired) electrons. The molecule has 0 unspecified atom stereocenters. The molecule has 2 N–H and O–H groups in total. The third-order valence-electron chi connectivity index (χ3n) is 3.21. The van der Waals surface area contributed by atoms with Crippen molar-refractivity contribution in [1.82, 2.24) is 4.98 Å². The van der Waals surface area contributed by atoms with E-state index in [2.05, 4.69) is 9.71 Å². The van der Waals surface area contributed by atoms with Crippen molar-refractivity contribution in [1.29, 1.82) is 0 Å². The van der Waals surface area contributed by atoms with Crippen LogP contribution in [-0.4, -0.2) is 19.4 Å². The number of hydrogen-bond donors (Lipinski definition) is 2. The van der Waals surface area contributed by atoms with Gasteiger partial charge in [-0.2, -0.15) is 0 Å². The van der Waals surface area contributed by atoms with Crippen molar-refractivity contribution in [2.24, 2.45) is 0 Å². The summed E-state index contributed by atoms with van der Waals surface area (Å²) in [6.45, 7) is 1.82. The second kappa shape index (κ2) is 5.55. The number of halogens is 1. The number of carbonyl (C=O) groups is 1. The Morgan fingerprint density at radius 2 is 2.04 bits per heavy atom. The van der Waals surface area contributed by atoms with E-state index < -0.39 is 16.0 Å². The van der Waals surface area contributed by atoms with E-state index in [0.29, 0.717) is 15.2 Å². The topological polar surface area (TPSA) is 102 Å². The lowest BCUT2D eigenvalue weighted by molar-refractivity contribution is -0.255. The molecule has 0 bridgehead atoms. The Morgan fingerprint density at radius 1 is 1.30 bits per heavy atom. The minimum absolute atomic E-state index is 0.00574. The molecule has 9 heteroatoms. The summed E-state index contributed by atoms with van der Waals surface area (Å²) >= 11 is 6.64. The zero-order chi connectivity index (χ0) is 16.8. The van der Waals surface area contributed by atoms with Gasteiger partial charge in [-0.15, -0.1) is 11.3 Å². The maximum Gasteiger partial charge on any atom is 0.271 e. The zero-order valence-electron chi connectivity index (χ0n) is 11.7.